The van der Waals surface area contributed by atoms with Crippen molar-refractivity contribution in [1.29, 1.82) is 0 Å². The standard InChI is InChI=1S/C11H12ClN3O3S/c1-8-6-15(11(16)14-13-8)7-19(17,18)10-4-2-9(12)3-5-10/h2-5H,6-7H2,1H3,(H,14,16). The predicted molar refractivity (Wildman–Crippen MR) is 71.9 cm³/mol. The molecule has 1 aliphatic rings. The number of rotatable bonds is 3. The number of hydrogen-bond acceptors (Lipinski definition) is 4. The van der Waals surface area contributed by atoms with Gasteiger partial charge in [0.05, 0.1) is 17.2 Å². The molecule has 0 atom stereocenters. The van der Waals surface area contributed by atoms with E-state index < -0.39 is 21.7 Å². The molecule has 8 heteroatoms. The Morgan fingerprint density at radius 1 is 1.37 bits per heavy atom. The molecule has 0 aromatic heterocycles. The normalized spacial score (nSPS) is 16.0. The molecule has 6 nitrogen and oxygen atoms in total. The first-order chi connectivity index (χ1) is 8.88. The Bertz CT molecular complexity index is 625. The van der Waals surface area contributed by atoms with Gasteiger partial charge in [-0.2, -0.15) is 5.10 Å². The SMILES string of the molecule is CC1=NNC(=O)N(CS(=O)(=O)c2ccc(Cl)cc2)C1. The van der Waals surface area contributed by atoms with Crippen molar-refractivity contribution in [3.8, 4) is 0 Å². The summed E-state index contributed by atoms with van der Waals surface area (Å²) < 4.78 is 24.3. The number of halogens is 1. The number of nitrogens with one attached hydrogen (secondary N) is 1. The molecular weight excluding hydrogens is 290 g/mol. The third-order valence-electron chi connectivity index (χ3n) is 2.55. The van der Waals surface area contributed by atoms with Crippen molar-refractivity contribution >= 4 is 33.2 Å². The second-order valence-electron chi connectivity index (χ2n) is 4.16. The Hall–Kier alpha value is -1.60. The highest BCUT2D eigenvalue weighted by Crippen LogP contribution is 2.16. The molecule has 102 valence electrons. The summed E-state index contributed by atoms with van der Waals surface area (Å²) >= 11 is 5.71. The summed E-state index contributed by atoms with van der Waals surface area (Å²) in [5.74, 6) is -0.396. The van der Waals surface area contributed by atoms with Crippen LogP contribution < -0.4 is 5.43 Å². The maximum atomic E-state index is 12.2. The van der Waals surface area contributed by atoms with Crippen molar-refractivity contribution in [2.24, 2.45) is 5.10 Å². The fourth-order valence-corrected chi connectivity index (χ4v) is 3.07. The van der Waals surface area contributed by atoms with Crippen LogP contribution in [0.2, 0.25) is 5.02 Å². The average Bonchev–Trinajstić information content (AvgIpc) is 2.34. The molecule has 0 spiro atoms. The van der Waals surface area contributed by atoms with Crippen LogP contribution in [0.1, 0.15) is 6.92 Å². The topological polar surface area (TPSA) is 78.8 Å². The number of urea groups is 1. The van der Waals surface area contributed by atoms with Crippen LogP contribution in [-0.4, -0.2) is 37.5 Å². The molecule has 2 amide bonds. The monoisotopic (exact) mass is 301 g/mol. The molecule has 0 bridgehead atoms. The van der Waals surface area contributed by atoms with Crippen LogP contribution in [0.5, 0.6) is 0 Å². The zero-order valence-corrected chi connectivity index (χ0v) is 11.7. The summed E-state index contributed by atoms with van der Waals surface area (Å²) in [7, 11) is -3.58. The molecule has 19 heavy (non-hydrogen) atoms. The molecule has 0 aliphatic carbocycles. The van der Waals surface area contributed by atoms with Crippen LogP contribution in [-0.2, 0) is 9.84 Å². The van der Waals surface area contributed by atoms with Crippen LogP contribution in [0.4, 0.5) is 4.79 Å². The Kier molecular flexibility index (Phi) is 3.77. The van der Waals surface area contributed by atoms with Gasteiger partial charge in [0.15, 0.2) is 9.84 Å². The fourth-order valence-electron chi connectivity index (χ4n) is 1.62. The third kappa shape index (κ3) is 3.24. The maximum absolute atomic E-state index is 12.2. The Balaban J connectivity index is 2.20. The van der Waals surface area contributed by atoms with Crippen molar-refractivity contribution in [3.63, 3.8) is 0 Å². The second-order valence-corrected chi connectivity index (χ2v) is 6.56. The van der Waals surface area contributed by atoms with E-state index in [0.717, 1.165) is 0 Å². The molecule has 2 rings (SSSR count). The van der Waals surface area contributed by atoms with Crippen molar-refractivity contribution in [1.82, 2.24) is 10.3 Å². The van der Waals surface area contributed by atoms with E-state index in [4.69, 9.17) is 11.6 Å². The minimum absolute atomic E-state index is 0.130. The second kappa shape index (κ2) is 5.18. The van der Waals surface area contributed by atoms with E-state index >= 15 is 0 Å². The molecule has 1 aromatic rings. The third-order valence-corrected chi connectivity index (χ3v) is 4.44. The number of carbonyl (C=O) groups is 1. The van der Waals surface area contributed by atoms with Gasteiger partial charge in [0, 0.05) is 5.02 Å². The van der Waals surface area contributed by atoms with Crippen LogP contribution in [0.25, 0.3) is 0 Å². The summed E-state index contributed by atoms with van der Waals surface area (Å²) in [6, 6.07) is 5.30. The number of amides is 2. The van der Waals surface area contributed by atoms with Crippen LogP contribution >= 0.6 is 11.6 Å². The lowest BCUT2D eigenvalue weighted by Gasteiger charge is -2.25. The van der Waals surface area contributed by atoms with Crippen molar-refractivity contribution in [2.45, 2.75) is 11.8 Å². The summed E-state index contributed by atoms with van der Waals surface area (Å²) in [6.07, 6.45) is 0. The maximum Gasteiger partial charge on any atom is 0.339 e. The fraction of sp³-hybridized carbons (Fsp3) is 0.273. The molecule has 1 N–H and O–H groups in total. The summed E-state index contributed by atoms with van der Waals surface area (Å²) in [5, 5.41) is 4.19. The molecule has 0 radical (unpaired) electrons. The van der Waals surface area contributed by atoms with E-state index in [1.54, 1.807) is 6.92 Å². The van der Waals surface area contributed by atoms with Crippen molar-refractivity contribution < 1.29 is 13.2 Å². The number of carbonyl (C=O) groups excluding carboxylic acids is 1. The van der Waals surface area contributed by atoms with Crippen LogP contribution in [0, 0.1) is 0 Å². The van der Waals surface area contributed by atoms with E-state index in [-0.39, 0.29) is 11.4 Å². The lowest BCUT2D eigenvalue weighted by molar-refractivity contribution is 0.209. The quantitative estimate of drug-likeness (QED) is 0.918. The molecule has 0 saturated heterocycles. The summed E-state index contributed by atoms with van der Waals surface area (Å²) in [6.45, 7) is 1.90. The molecular formula is C11H12ClN3O3S. The van der Waals surface area contributed by atoms with Gasteiger partial charge in [-0.05, 0) is 31.2 Å². The van der Waals surface area contributed by atoms with Gasteiger partial charge in [0.25, 0.3) is 0 Å². The molecule has 0 fully saturated rings. The van der Waals surface area contributed by atoms with Crippen molar-refractivity contribution in [3.05, 3.63) is 29.3 Å². The van der Waals surface area contributed by atoms with Crippen molar-refractivity contribution in [2.75, 3.05) is 12.4 Å². The van der Waals surface area contributed by atoms with Crippen LogP contribution in [0.15, 0.2) is 34.3 Å². The van der Waals surface area contributed by atoms with Gasteiger partial charge < -0.3 is 4.90 Å². The van der Waals surface area contributed by atoms with Gasteiger partial charge in [-0.15, -0.1) is 0 Å². The Morgan fingerprint density at radius 2 is 2.00 bits per heavy atom. The predicted octanol–water partition coefficient (Wildman–Crippen LogP) is 1.47. The van der Waals surface area contributed by atoms with Gasteiger partial charge >= 0.3 is 6.03 Å². The molecule has 1 aliphatic heterocycles. The van der Waals surface area contributed by atoms with E-state index in [9.17, 15) is 13.2 Å². The number of sulfone groups is 1. The van der Waals surface area contributed by atoms with E-state index in [0.29, 0.717) is 10.7 Å². The highest BCUT2D eigenvalue weighted by atomic mass is 35.5. The number of hydrogen-bond donors (Lipinski definition) is 1. The number of nitrogens with zero attached hydrogens (tertiary/aromatic N) is 2. The summed E-state index contributed by atoms with van der Waals surface area (Å²) in [4.78, 5) is 12.8. The summed E-state index contributed by atoms with van der Waals surface area (Å²) in [5.41, 5.74) is 2.90. The first-order valence-corrected chi connectivity index (χ1v) is 7.48. The molecule has 0 unspecified atom stereocenters. The minimum Gasteiger partial charge on any atom is -0.303 e. The zero-order valence-electron chi connectivity index (χ0n) is 10.1. The lowest BCUT2D eigenvalue weighted by atomic mass is 10.4. The minimum atomic E-state index is -3.58. The van der Waals surface area contributed by atoms with Gasteiger partial charge in [-0.3, -0.25) is 0 Å². The van der Waals surface area contributed by atoms with Gasteiger partial charge in [-0.25, -0.2) is 18.6 Å². The first-order valence-electron chi connectivity index (χ1n) is 5.45. The highest BCUT2D eigenvalue weighted by Gasteiger charge is 2.25. The molecule has 0 saturated carbocycles. The number of hydrazone groups is 1. The Morgan fingerprint density at radius 3 is 2.63 bits per heavy atom. The average molecular weight is 302 g/mol. The molecule has 1 heterocycles. The smallest absolute Gasteiger partial charge is 0.303 e. The van der Waals surface area contributed by atoms with E-state index in [2.05, 4.69) is 10.5 Å². The molecule has 1 aromatic carbocycles. The van der Waals surface area contributed by atoms with Crippen LogP contribution in [0.3, 0.4) is 0 Å². The largest absolute Gasteiger partial charge is 0.339 e. The first kappa shape index (κ1) is 13.8. The van der Waals surface area contributed by atoms with E-state index in [1.807, 2.05) is 0 Å². The van der Waals surface area contributed by atoms with Gasteiger partial charge in [0.1, 0.15) is 5.88 Å². The Labute approximate surface area is 116 Å². The zero-order chi connectivity index (χ0) is 14.0. The number of benzene rings is 1. The van der Waals surface area contributed by atoms with Gasteiger partial charge in [-0.1, -0.05) is 11.6 Å². The lowest BCUT2D eigenvalue weighted by Crippen LogP contribution is -2.47. The van der Waals surface area contributed by atoms with Gasteiger partial charge in [0.2, 0.25) is 0 Å². The highest BCUT2D eigenvalue weighted by molar-refractivity contribution is 7.91. The van der Waals surface area contributed by atoms with E-state index in [1.165, 1.54) is 29.2 Å².